The number of ether oxygens (including phenoxy) is 2. The number of hydrogen-bond donors (Lipinski definition) is 4. The van der Waals surface area contributed by atoms with E-state index in [0.29, 0.717) is 63.4 Å². The van der Waals surface area contributed by atoms with E-state index in [-0.39, 0.29) is 65.4 Å². The fraction of sp³-hybridized carbons (Fsp3) is 0.450. The van der Waals surface area contributed by atoms with Crippen LogP contribution in [0.25, 0.3) is 22.3 Å². The number of benzene rings is 2. The van der Waals surface area contributed by atoms with Gasteiger partial charge in [-0.3, -0.25) is 0 Å². The number of rotatable bonds is 19. The lowest BCUT2D eigenvalue weighted by molar-refractivity contribution is 0.356. The number of anilines is 2. The Kier molecular flexibility index (Phi) is 12.9. The average Bonchev–Trinajstić information content (AvgIpc) is 3.49. The van der Waals surface area contributed by atoms with Gasteiger partial charge in [0, 0.05) is 65.0 Å². The molecule has 0 amide bonds. The zero-order valence-electron chi connectivity index (χ0n) is 34.5. The molecule has 24 heteroatoms. The Morgan fingerprint density at radius 1 is 0.766 bits per heavy atom. The summed E-state index contributed by atoms with van der Waals surface area (Å²) in [6, 6.07) is 7.36. The molecule has 340 valence electrons. The van der Waals surface area contributed by atoms with E-state index in [1.165, 1.54) is 0 Å². The number of nitrogen functional groups attached to an aromatic ring is 1. The van der Waals surface area contributed by atoms with Crippen molar-refractivity contribution in [1.29, 1.82) is 0 Å². The lowest BCUT2D eigenvalue weighted by Gasteiger charge is -2.16. The molecule has 18 nitrogen and oxygen atoms in total. The van der Waals surface area contributed by atoms with Gasteiger partial charge in [0.15, 0.2) is 34.0 Å². The second-order valence-electron chi connectivity index (χ2n) is 16.1. The Hall–Kier alpha value is -4.12. The normalized spacial score (nSPS) is 15.4. The number of halogens is 4. The number of fused-ring (bicyclic) bond motifs is 4. The maximum Gasteiger partial charge on any atom is 0.312 e. The molecule has 1 saturated carbocycles. The minimum atomic E-state index is -3.90. The molecule has 4 aromatic heterocycles. The predicted octanol–water partition coefficient (Wildman–Crippen LogP) is 4.37. The Labute approximate surface area is 394 Å². The van der Waals surface area contributed by atoms with Crippen molar-refractivity contribution in [3.05, 3.63) is 77.5 Å². The van der Waals surface area contributed by atoms with Gasteiger partial charge in [-0.05, 0) is 124 Å². The number of aryl methyl sites for hydroxylation is 2. The molecule has 0 saturated heterocycles. The molecule has 0 bridgehead atoms. The number of sulfonamides is 2. The molecule has 1 unspecified atom stereocenters. The molecule has 1 aliphatic carbocycles. The van der Waals surface area contributed by atoms with Crippen molar-refractivity contribution in [2.75, 3.05) is 43.1 Å². The Morgan fingerprint density at radius 3 is 1.88 bits per heavy atom. The van der Waals surface area contributed by atoms with Crippen LogP contribution in [0.3, 0.4) is 0 Å². The highest BCUT2D eigenvalue weighted by Gasteiger charge is 2.35. The van der Waals surface area contributed by atoms with Crippen molar-refractivity contribution in [3.8, 4) is 11.5 Å². The second kappa shape index (κ2) is 18.3. The largest absolute Gasteiger partial charge is 0.493 e. The van der Waals surface area contributed by atoms with E-state index < -0.39 is 44.0 Å². The monoisotopic (exact) mass is 1140 g/mol. The van der Waals surface area contributed by atoms with Crippen molar-refractivity contribution in [2.45, 2.75) is 82.7 Å². The summed E-state index contributed by atoms with van der Waals surface area (Å²) in [5, 5.41) is 2.69. The van der Waals surface area contributed by atoms with Crippen molar-refractivity contribution in [2.24, 2.45) is 0 Å². The molecule has 1 fully saturated rings. The molecule has 3 aliphatic rings. The fourth-order valence-electron chi connectivity index (χ4n) is 8.06. The van der Waals surface area contributed by atoms with Gasteiger partial charge >= 0.3 is 12.2 Å². The van der Waals surface area contributed by atoms with Crippen LogP contribution in [0.2, 0.25) is 0 Å². The molecule has 6 heterocycles. The van der Waals surface area contributed by atoms with E-state index in [2.05, 4.69) is 97.0 Å². The number of aromatic nitrogens is 8. The summed E-state index contributed by atoms with van der Waals surface area (Å²) in [5.41, 5.74) is 11.1. The van der Waals surface area contributed by atoms with Crippen LogP contribution in [0.5, 0.6) is 11.5 Å². The van der Waals surface area contributed by atoms with Crippen LogP contribution < -0.4 is 30.0 Å². The highest BCUT2D eigenvalue weighted by atomic mass is 127. The summed E-state index contributed by atoms with van der Waals surface area (Å²) in [6.07, 6.45) is 2.27. The van der Waals surface area contributed by atoms with Crippen LogP contribution in [-0.4, -0.2) is 99.2 Å². The zero-order chi connectivity index (χ0) is 44.9. The van der Waals surface area contributed by atoms with Crippen LogP contribution in [0.4, 0.5) is 20.4 Å². The third kappa shape index (κ3) is 9.85. The summed E-state index contributed by atoms with van der Waals surface area (Å²) in [6.45, 7) is 3.57. The second-order valence-corrected chi connectivity index (χ2v) is 22.4. The van der Waals surface area contributed by atoms with E-state index in [1.807, 2.05) is 12.1 Å². The van der Waals surface area contributed by atoms with Crippen LogP contribution in [0.15, 0.2) is 24.3 Å². The van der Waals surface area contributed by atoms with Gasteiger partial charge in [0.2, 0.25) is 20.0 Å². The first-order valence-electron chi connectivity index (χ1n) is 20.8. The van der Waals surface area contributed by atoms with Crippen LogP contribution in [0.1, 0.15) is 66.5 Å². The van der Waals surface area contributed by atoms with Crippen molar-refractivity contribution >= 4 is 99.2 Å². The average molecular weight is 1140 g/mol. The van der Waals surface area contributed by atoms with Gasteiger partial charge in [-0.15, -0.1) is 0 Å². The standard InChI is InChI=1S/C40H44F2I2N12O6S2/c1-21(20-63(57,58)46-8-2-10-55-31(49-33-35(45)51-39(41)53-37(33)55)18-24-16-29-22(6-12-61-29)14-27(24)43)48-36-34-38(54-40(42)52-36)56(11-3-9-47-64(59,60)26-4-5-26)32(50-34)19-25-17-30-23(7-13-62-30)15-28(25)44/h14-17,21,26,46-47H,2-13,18-20H2,1H3,(H2,45,51,53)(H,48,52,54). The Morgan fingerprint density at radius 2 is 1.30 bits per heavy atom. The first kappa shape index (κ1) is 45.1. The highest BCUT2D eigenvalue weighted by Crippen LogP contribution is 2.34. The number of nitrogens with two attached hydrogens (primary N) is 1. The van der Waals surface area contributed by atoms with Gasteiger partial charge in [0.25, 0.3) is 0 Å². The highest BCUT2D eigenvalue weighted by molar-refractivity contribution is 14.1. The quantitative estimate of drug-likeness (QED) is 0.0501. The minimum absolute atomic E-state index is 0.0178. The van der Waals surface area contributed by atoms with Gasteiger partial charge in [-0.1, -0.05) is 0 Å². The molecule has 64 heavy (non-hydrogen) atoms. The van der Waals surface area contributed by atoms with E-state index in [9.17, 15) is 21.2 Å². The van der Waals surface area contributed by atoms with Gasteiger partial charge in [0.1, 0.15) is 23.1 Å². The number of nitrogens with zero attached hydrogens (tertiary/aromatic N) is 8. The lowest BCUT2D eigenvalue weighted by Crippen LogP contribution is -2.35. The summed E-state index contributed by atoms with van der Waals surface area (Å²) < 4.78 is 104. The molecule has 2 aromatic carbocycles. The van der Waals surface area contributed by atoms with Gasteiger partial charge in [-0.25, -0.2) is 36.2 Å². The van der Waals surface area contributed by atoms with E-state index >= 15 is 4.39 Å². The van der Waals surface area contributed by atoms with E-state index in [0.717, 1.165) is 53.7 Å². The molecular formula is C40H44F2I2N12O6S2. The first-order chi connectivity index (χ1) is 30.6. The Bertz CT molecular complexity index is 3020. The van der Waals surface area contributed by atoms with Crippen molar-refractivity contribution in [3.63, 3.8) is 0 Å². The summed E-state index contributed by atoms with van der Waals surface area (Å²) in [7, 11) is -7.30. The molecule has 2 aliphatic heterocycles. The predicted molar refractivity (Wildman–Crippen MR) is 251 cm³/mol. The van der Waals surface area contributed by atoms with Crippen molar-refractivity contribution in [1.82, 2.24) is 48.5 Å². The third-order valence-electron chi connectivity index (χ3n) is 11.3. The molecule has 1 atom stereocenters. The van der Waals surface area contributed by atoms with E-state index in [1.54, 1.807) is 16.1 Å². The maximum atomic E-state index is 15.3. The van der Waals surface area contributed by atoms with Crippen LogP contribution >= 0.6 is 45.2 Å². The number of imidazole rings is 2. The van der Waals surface area contributed by atoms with Gasteiger partial charge < -0.3 is 29.7 Å². The van der Waals surface area contributed by atoms with Gasteiger partial charge in [0.05, 0.1) is 24.2 Å². The molecule has 0 spiro atoms. The first-order valence-corrected chi connectivity index (χ1v) is 26.2. The third-order valence-corrected chi connectivity index (χ3v) is 16.8. The minimum Gasteiger partial charge on any atom is -0.493 e. The lowest BCUT2D eigenvalue weighted by atomic mass is 10.1. The molecule has 5 N–H and O–H groups in total. The topological polar surface area (TPSA) is 236 Å². The number of hydrogen-bond acceptors (Lipinski definition) is 14. The zero-order valence-corrected chi connectivity index (χ0v) is 40.5. The maximum absolute atomic E-state index is 15.3. The van der Waals surface area contributed by atoms with Gasteiger partial charge in [-0.2, -0.15) is 28.7 Å². The SMILES string of the molecule is CC(CS(=O)(=O)NCCCn1c(Cc2cc3c(cc2I)CCO3)nc2c(N)nc(F)nc21)Nc1nc(F)nc2c1nc(Cc1cc3c(cc1I)CCO3)n2CCCNS(=O)(=O)C1CC1. The summed E-state index contributed by atoms with van der Waals surface area (Å²) in [4.78, 5) is 25.3. The molecular weight excluding hydrogens is 1100 g/mol. The molecule has 0 radical (unpaired) electrons. The molecule has 6 aromatic rings. The van der Waals surface area contributed by atoms with Crippen molar-refractivity contribution < 1.29 is 35.1 Å². The Balaban J connectivity index is 0.890. The summed E-state index contributed by atoms with van der Waals surface area (Å²) >= 11 is 4.54. The number of nitrogens with one attached hydrogen (secondary N) is 3. The van der Waals surface area contributed by atoms with Crippen LogP contribution in [-0.2, 0) is 58.8 Å². The van der Waals surface area contributed by atoms with E-state index in [4.69, 9.17) is 20.2 Å². The fourth-order valence-corrected chi connectivity index (χ4v) is 12.2. The smallest absolute Gasteiger partial charge is 0.312 e. The molecule has 9 rings (SSSR count). The van der Waals surface area contributed by atoms with Crippen LogP contribution in [0, 0.1) is 19.3 Å². The summed E-state index contributed by atoms with van der Waals surface area (Å²) in [5.74, 6) is 2.24.